The molecule has 0 bridgehead atoms. The molecular formula is C14H21NO. The Morgan fingerprint density at radius 2 is 1.81 bits per heavy atom. The standard InChI is InChI=1S/C14H21NO/c1-11(16)13(15-14(2,3)4)10-12-8-6-5-7-9-12/h5-9,13,15H,10H2,1-4H3/t13-/m0/s1. The van der Waals surface area contributed by atoms with Gasteiger partial charge in [-0.25, -0.2) is 0 Å². The monoisotopic (exact) mass is 219 g/mol. The summed E-state index contributed by atoms with van der Waals surface area (Å²) in [7, 11) is 0. The van der Waals surface area contributed by atoms with Gasteiger partial charge in [0.1, 0.15) is 5.78 Å². The summed E-state index contributed by atoms with van der Waals surface area (Å²) in [6.07, 6.45) is 0.757. The topological polar surface area (TPSA) is 29.1 Å². The van der Waals surface area contributed by atoms with E-state index >= 15 is 0 Å². The number of rotatable bonds is 4. The molecule has 0 aliphatic carbocycles. The molecule has 88 valence electrons. The third-order valence-electron chi connectivity index (χ3n) is 2.38. The lowest BCUT2D eigenvalue weighted by atomic mass is 9.99. The van der Waals surface area contributed by atoms with E-state index in [2.05, 4.69) is 38.2 Å². The van der Waals surface area contributed by atoms with Gasteiger partial charge in [-0.2, -0.15) is 0 Å². The van der Waals surface area contributed by atoms with E-state index in [1.165, 1.54) is 5.56 Å². The summed E-state index contributed by atoms with van der Waals surface area (Å²) >= 11 is 0. The van der Waals surface area contributed by atoms with Crippen LogP contribution in [0.25, 0.3) is 0 Å². The highest BCUT2D eigenvalue weighted by molar-refractivity contribution is 5.81. The molecule has 1 atom stereocenters. The third-order valence-corrected chi connectivity index (χ3v) is 2.38. The number of nitrogens with one attached hydrogen (secondary N) is 1. The zero-order valence-electron chi connectivity index (χ0n) is 10.6. The van der Waals surface area contributed by atoms with Crippen LogP contribution in [0.15, 0.2) is 30.3 Å². The summed E-state index contributed by atoms with van der Waals surface area (Å²) in [6.45, 7) is 7.88. The lowest BCUT2D eigenvalue weighted by Crippen LogP contribution is -2.48. The largest absolute Gasteiger partial charge is 0.302 e. The van der Waals surface area contributed by atoms with E-state index in [9.17, 15) is 4.79 Å². The molecular weight excluding hydrogens is 198 g/mol. The van der Waals surface area contributed by atoms with Crippen LogP contribution in [-0.4, -0.2) is 17.4 Å². The SMILES string of the molecule is CC(=O)[C@H](Cc1ccccc1)NC(C)(C)C. The summed E-state index contributed by atoms with van der Waals surface area (Å²) in [5, 5.41) is 3.35. The van der Waals surface area contributed by atoms with Crippen LogP contribution in [0.4, 0.5) is 0 Å². The van der Waals surface area contributed by atoms with E-state index in [-0.39, 0.29) is 17.4 Å². The Balaban J connectivity index is 2.70. The molecule has 0 saturated carbocycles. The van der Waals surface area contributed by atoms with E-state index in [4.69, 9.17) is 0 Å². The number of hydrogen-bond donors (Lipinski definition) is 1. The molecule has 0 aromatic heterocycles. The van der Waals surface area contributed by atoms with Gasteiger partial charge in [0.25, 0.3) is 0 Å². The second-order valence-electron chi connectivity index (χ2n) is 5.25. The van der Waals surface area contributed by atoms with E-state index in [0.29, 0.717) is 0 Å². The lowest BCUT2D eigenvalue weighted by molar-refractivity contribution is -0.119. The molecule has 2 nitrogen and oxygen atoms in total. The van der Waals surface area contributed by atoms with Gasteiger partial charge < -0.3 is 5.32 Å². The van der Waals surface area contributed by atoms with Gasteiger partial charge in [-0.15, -0.1) is 0 Å². The van der Waals surface area contributed by atoms with Crippen molar-refractivity contribution in [1.29, 1.82) is 0 Å². The summed E-state index contributed by atoms with van der Waals surface area (Å²) in [6, 6.07) is 10.0. The van der Waals surface area contributed by atoms with E-state index in [1.54, 1.807) is 6.92 Å². The normalized spacial score (nSPS) is 13.5. The van der Waals surface area contributed by atoms with Crippen molar-refractivity contribution in [1.82, 2.24) is 5.32 Å². The van der Waals surface area contributed by atoms with Crippen LogP contribution in [0.3, 0.4) is 0 Å². The van der Waals surface area contributed by atoms with E-state index < -0.39 is 0 Å². The highest BCUT2D eigenvalue weighted by atomic mass is 16.1. The van der Waals surface area contributed by atoms with Crippen molar-refractivity contribution >= 4 is 5.78 Å². The molecule has 0 amide bonds. The zero-order valence-corrected chi connectivity index (χ0v) is 10.6. The highest BCUT2D eigenvalue weighted by Crippen LogP contribution is 2.08. The molecule has 1 N–H and O–H groups in total. The Labute approximate surface area is 98.1 Å². The maximum absolute atomic E-state index is 11.6. The van der Waals surface area contributed by atoms with Gasteiger partial charge in [0.15, 0.2) is 0 Å². The second-order valence-corrected chi connectivity index (χ2v) is 5.25. The fourth-order valence-electron chi connectivity index (χ4n) is 1.67. The molecule has 0 radical (unpaired) electrons. The molecule has 0 fully saturated rings. The number of carbonyl (C=O) groups is 1. The van der Waals surface area contributed by atoms with Crippen LogP contribution in [0.5, 0.6) is 0 Å². The molecule has 1 rings (SSSR count). The van der Waals surface area contributed by atoms with Gasteiger partial charge in [-0.3, -0.25) is 4.79 Å². The van der Waals surface area contributed by atoms with E-state index in [1.807, 2.05) is 18.2 Å². The van der Waals surface area contributed by atoms with Gasteiger partial charge in [-0.05, 0) is 39.7 Å². The van der Waals surface area contributed by atoms with Crippen LogP contribution in [-0.2, 0) is 11.2 Å². The van der Waals surface area contributed by atoms with Crippen molar-refractivity contribution in [2.24, 2.45) is 0 Å². The van der Waals surface area contributed by atoms with Crippen molar-refractivity contribution < 1.29 is 4.79 Å². The minimum atomic E-state index is -0.0950. The molecule has 1 aromatic rings. The molecule has 0 saturated heterocycles. The zero-order chi connectivity index (χ0) is 12.2. The minimum absolute atomic E-state index is 0.0366. The first-order valence-electron chi connectivity index (χ1n) is 5.70. The Morgan fingerprint density at radius 3 is 2.25 bits per heavy atom. The first-order chi connectivity index (χ1) is 7.38. The fraction of sp³-hybridized carbons (Fsp3) is 0.500. The number of Topliss-reactive ketones (excluding diaryl/α,β-unsaturated/α-hetero) is 1. The molecule has 16 heavy (non-hydrogen) atoms. The number of benzene rings is 1. The van der Waals surface area contributed by atoms with Gasteiger partial charge in [-0.1, -0.05) is 30.3 Å². The Morgan fingerprint density at radius 1 is 1.25 bits per heavy atom. The molecule has 0 spiro atoms. The Bertz CT molecular complexity index is 338. The molecule has 0 aliphatic rings. The summed E-state index contributed by atoms with van der Waals surface area (Å²) in [5.41, 5.74) is 1.16. The van der Waals surface area contributed by atoms with E-state index in [0.717, 1.165) is 6.42 Å². The lowest BCUT2D eigenvalue weighted by Gasteiger charge is -2.27. The Hall–Kier alpha value is -1.15. The van der Waals surface area contributed by atoms with Crippen LogP contribution in [0, 0.1) is 0 Å². The molecule has 0 heterocycles. The number of carbonyl (C=O) groups excluding carboxylic acids is 1. The quantitative estimate of drug-likeness (QED) is 0.843. The van der Waals surface area contributed by atoms with Crippen molar-refractivity contribution in [2.75, 3.05) is 0 Å². The van der Waals surface area contributed by atoms with Gasteiger partial charge in [0, 0.05) is 5.54 Å². The van der Waals surface area contributed by atoms with Crippen LogP contribution < -0.4 is 5.32 Å². The summed E-state index contributed by atoms with van der Waals surface area (Å²) in [5.74, 6) is 0.193. The maximum Gasteiger partial charge on any atom is 0.147 e. The molecule has 0 aliphatic heterocycles. The van der Waals surface area contributed by atoms with Gasteiger partial charge in [0.2, 0.25) is 0 Å². The average molecular weight is 219 g/mol. The van der Waals surface area contributed by atoms with Crippen LogP contribution in [0.2, 0.25) is 0 Å². The molecule has 1 aromatic carbocycles. The van der Waals surface area contributed by atoms with Crippen molar-refractivity contribution in [3.05, 3.63) is 35.9 Å². The van der Waals surface area contributed by atoms with Crippen molar-refractivity contribution in [2.45, 2.75) is 45.7 Å². The first kappa shape index (κ1) is 12.9. The van der Waals surface area contributed by atoms with Crippen LogP contribution in [0.1, 0.15) is 33.3 Å². The van der Waals surface area contributed by atoms with Gasteiger partial charge in [0.05, 0.1) is 6.04 Å². The third kappa shape index (κ3) is 4.58. The van der Waals surface area contributed by atoms with Gasteiger partial charge >= 0.3 is 0 Å². The summed E-state index contributed by atoms with van der Waals surface area (Å²) in [4.78, 5) is 11.6. The number of ketones is 1. The van der Waals surface area contributed by atoms with Crippen molar-refractivity contribution in [3.8, 4) is 0 Å². The second kappa shape index (κ2) is 5.26. The summed E-state index contributed by atoms with van der Waals surface area (Å²) < 4.78 is 0. The minimum Gasteiger partial charge on any atom is -0.302 e. The average Bonchev–Trinajstić information content (AvgIpc) is 2.16. The maximum atomic E-state index is 11.6. The fourth-order valence-corrected chi connectivity index (χ4v) is 1.67. The Kier molecular flexibility index (Phi) is 4.25. The first-order valence-corrected chi connectivity index (χ1v) is 5.70. The number of hydrogen-bond acceptors (Lipinski definition) is 2. The molecule has 0 unspecified atom stereocenters. The highest BCUT2D eigenvalue weighted by Gasteiger charge is 2.20. The van der Waals surface area contributed by atoms with Crippen LogP contribution >= 0.6 is 0 Å². The molecule has 2 heteroatoms. The van der Waals surface area contributed by atoms with Crippen molar-refractivity contribution in [3.63, 3.8) is 0 Å². The predicted molar refractivity (Wildman–Crippen MR) is 67.5 cm³/mol. The smallest absolute Gasteiger partial charge is 0.147 e. The predicted octanol–water partition coefficient (Wildman–Crippen LogP) is 2.57.